The molecule has 0 unspecified atom stereocenters. The van der Waals surface area contributed by atoms with Crippen LogP contribution in [0.25, 0.3) is 0 Å². The molecule has 0 aliphatic heterocycles. The number of rotatable bonds is 1. The maximum absolute atomic E-state index is 5.49. The molecular weight excluding hydrogens is 298 g/mol. The number of halogens is 1. The van der Waals surface area contributed by atoms with Crippen LogP contribution in [0.5, 0.6) is 0 Å². The van der Waals surface area contributed by atoms with Gasteiger partial charge in [0.2, 0.25) is 0 Å². The molecule has 0 radical (unpaired) electrons. The molecule has 0 aromatic heterocycles. The molecule has 0 spiro atoms. The van der Waals surface area contributed by atoms with Crippen molar-refractivity contribution in [2.24, 2.45) is 58.2 Å². The van der Waals surface area contributed by atoms with E-state index in [2.05, 4.69) is 26.5 Å². The minimum Gasteiger partial charge on any atom is -0.375 e. The Morgan fingerprint density at radius 2 is 2.00 bits per heavy atom. The largest absolute Gasteiger partial charge is 0.375 e. The van der Waals surface area contributed by atoms with Gasteiger partial charge in [0.25, 0.3) is 0 Å². The lowest BCUT2D eigenvalue weighted by atomic mass is 9.71. The van der Waals surface area contributed by atoms with Crippen molar-refractivity contribution in [2.75, 3.05) is 0 Å². The fraction of sp³-hybridized carbons (Fsp3) is 0.833. The van der Waals surface area contributed by atoms with Crippen molar-refractivity contribution in [1.82, 2.24) is 5.43 Å². The van der Waals surface area contributed by atoms with E-state index in [0.717, 1.165) is 52.2 Å². The van der Waals surface area contributed by atoms with Crippen molar-refractivity contribution >= 4 is 39.0 Å². The second-order valence-corrected chi connectivity index (χ2v) is 7.88. The highest BCUT2D eigenvalue weighted by Crippen LogP contribution is 2.82. The minimum atomic E-state index is 0.297. The summed E-state index contributed by atoms with van der Waals surface area (Å²) in [4.78, 5) is 0.764. The Kier molecular flexibility index (Phi) is 1.55. The Bertz CT molecular complexity index is 476. The molecule has 0 aromatic carbocycles. The average Bonchev–Trinajstić information content (AvgIpc) is 2.97. The molecular formula is C12H14BrN3S. The highest BCUT2D eigenvalue weighted by atomic mass is 79.9. The molecule has 6 saturated carbocycles. The van der Waals surface area contributed by atoms with Crippen molar-refractivity contribution < 1.29 is 0 Å². The van der Waals surface area contributed by atoms with Crippen molar-refractivity contribution in [1.29, 1.82) is 0 Å². The fourth-order valence-electron chi connectivity index (χ4n) is 6.49. The number of nitrogens with two attached hydrogens (primary N) is 1. The summed E-state index contributed by atoms with van der Waals surface area (Å²) >= 11 is 8.82. The van der Waals surface area contributed by atoms with Crippen LogP contribution in [0.3, 0.4) is 0 Å². The van der Waals surface area contributed by atoms with E-state index in [1.165, 1.54) is 12.1 Å². The summed E-state index contributed by atoms with van der Waals surface area (Å²) < 4.78 is 0. The Balaban J connectivity index is 1.62. The van der Waals surface area contributed by atoms with Gasteiger partial charge in [-0.05, 0) is 54.1 Å². The van der Waals surface area contributed by atoms with E-state index >= 15 is 0 Å². The highest BCUT2D eigenvalue weighted by Gasteiger charge is 2.82. The first-order valence-corrected chi connectivity index (χ1v) is 7.79. The molecule has 0 heterocycles. The van der Waals surface area contributed by atoms with Gasteiger partial charge in [0, 0.05) is 22.4 Å². The summed E-state index contributed by atoms with van der Waals surface area (Å²) in [6, 6.07) is 0. The van der Waals surface area contributed by atoms with Gasteiger partial charge in [0.1, 0.15) is 0 Å². The summed E-state index contributed by atoms with van der Waals surface area (Å²) in [5.41, 5.74) is 9.73. The van der Waals surface area contributed by atoms with Gasteiger partial charge in [0.15, 0.2) is 5.11 Å². The molecule has 90 valence electrons. The van der Waals surface area contributed by atoms with E-state index in [4.69, 9.17) is 18.0 Å². The topological polar surface area (TPSA) is 50.4 Å². The van der Waals surface area contributed by atoms with E-state index < -0.39 is 0 Å². The molecule has 3 nitrogen and oxygen atoms in total. The number of nitrogens with zero attached hydrogens (tertiary/aromatic N) is 1. The zero-order valence-electron chi connectivity index (χ0n) is 9.21. The molecule has 6 fully saturated rings. The van der Waals surface area contributed by atoms with Crippen molar-refractivity contribution in [3.63, 3.8) is 0 Å². The second kappa shape index (κ2) is 2.72. The van der Waals surface area contributed by atoms with Crippen molar-refractivity contribution in [2.45, 2.75) is 11.2 Å². The monoisotopic (exact) mass is 311 g/mol. The molecule has 17 heavy (non-hydrogen) atoms. The third-order valence-electron chi connectivity index (χ3n) is 6.34. The zero-order valence-corrected chi connectivity index (χ0v) is 11.6. The summed E-state index contributed by atoms with van der Waals surface area (Å²) in [5, 5.41) is 4.85. The van der Waals surface area contributed by atoms with E-state index in [1.807, 2.05) is 0 Å². The normalized spacial score (nSPS) is 65.7. The van der Waals surface area contributed by atoms with Gasteiger partial charge in [-0.25, -0.2) is 0 Å². The Morgan fingerprint density at radius 3 is 2.71 bits per heavy atom. The minimum absolute atomic E-state index is 0.297. The highest BCUT2D eigenvalue weighted by molar-refractivity contribution is 9.09. The Labute approximate surface area is 114 Å². The number of hydrazone groups is 1. The van der Waals surface area contributed by atoms with Crippen LogP contribution >= 0.6 is 28.1 Å². The first-order chi connectivity index (χ1) is 8.20. The van der Waals surface area contributed by atoms with Crippen LogP contribution in [-0.2, 0) is 0 Å². The third kappa shape index (κ3) is 0.820. The molecule has 6 rings (SSSR count). The molecule has 0 aromatic rings. The van der Waals surface area contributed by atoms with Gasteiger partial charge in [0.05, 0.1) is 0 Å². The first-order valence-electron chi connectivity index (χ1n) is 6.47. The SMILES string of the molecule is NC(=S)N/N=C1\[C@H]2[C@@H]3C[C@@H]4[C@@H]5[C@@H](Br)[C@H]([C@H]1[C@H]35)[C@@H]42. The summed E-state index contributed by atoms with van der Waals surface area (Å²) in [6.07, 6.45) is 1.46. The summed E-state index contributed by atoms with van der Waals surface area (Å²) in [6.45, 7) is 0. The fourth-order valence-corrected chi connectivity index (χ4v) is 7.97. The van der Waals surface area contributed by atoms with Crippen LogP contribution in [0, 0.1) is 47.3 Å². The number of hydrogen-bond donors (Lipinski definition) is 2. The lowest BCUT2D eigenvalue weighted by molar-refractivity contribution is 0.132. The first kappa shape index (κ1) is 9.73. The maximum atomic E-state index is 5.49. The van der Waals surface area contributed by atoms with Crippen molar-refractivity contribution in [3.8, 4) is 0 Å². The standard InChI is InChI=1S/C12H14BrN3S/c13-10-6-2-1-3-4(6)9-8(10)5(2)7(3)11(9)15-16-12(14)17/h2-10H,1H2,(H3,14,16,17)/b15-11+/t2-,3+,4+,5-,6-,7-,8-,9+,10+/m0/s1. The van der Waals surface area contributed by atoms with Gasteiger partial charge >= 0.3 is 0 Å². The van der Waals surface area contributed by atoms with E-state index in [-0.39, 0.29) is 0 Å². The third-order valence-corrected chi connectivity index (χ3v) is 7.65. The van der Waals surface area contributed by atoms with Gasteiger partial charge in [-0.1, -0.05) is 15.9 Å². The Morgan fingerprint density at radius 1 is 1.24 bits per heavy atom. The smallest absolute Gasteiger partial charge is 0.184 e. The van der Waals surface area contributed by atoms with Crippen LogP contribution in [0.15, 0.2) is 5.10 Å². The van der Waals surface area contributed by atoms with Gasteiger partial charge < -0.3 is 5.73 Å². The molecule has 9 atom stereocenters. The Hall–Kier alpha value is -0.160. The molecule has 6 aliphatic rings. The molecule has 3 N–H and O–H groups in total. The predicted octanol–water partition coefficient (Wildman–Crippen LogP) is 1.33. The molecule has 6 bridgehead atoms. The summed E-state index contributed by atoms with van der Waals surface area (Å²) in [7, 11) is 0. The average molecular weight is 312 g/mol. The van der Waals surface area contributed by atoms with Crippen LogP contribution in [-0.4, -0.2) is 15.7 Å². The lowest BCUT2D eigenvalue weighted by Gasteiger charge is -2.32. The van der Waals surface area contributed by atoms with Crippen LogP contribution in [0.4, 0.5) is 0 Å². The molecule has 5 heteroatoms. The predicted molar refractivity (Wildman–Crippen MR) is 72.6 cm³/mol. The molecule has 0 saturated heterocycles. The van der Waals surface area contributed by atoms with E-state index in [9.17, 15) is 0 Å². The van der Waals surface area contributed by atoms with Gasteiger partial charge in [-0.2, -0.15) is 5.10 Å². The number of thiocarbonyl (C=S) groups is 1. The second-order valence-electron chi connectivity index (χ2n) is 6.38. The van der Waals surface area contributed by atoms with Crippen molar-refractivity contribution in [3.05, 3.63) is 0 Å². The van der Waals surface area contributed by atoms with Gasteiger partial charge in [-0.3, -0.25) is 5.43 Å². The number of nitrogens with one attached hydrogen (secondary N) is 1. The summed E-state index contributed by atoms with van der Waals surface area (Å²) in [5.74, 6) is 7.11. The lowest BCUT2D eigenvalue weighted by Crippen LogP contribution is -2.30. The zero-order chi connectivity index (χ0) is 11.5. The van der Waals surface area contributed by atoms with E-state index in [1.54, 1.807) is 0 Å². The molecule has 6 aliphatic carbocycles. The van der Waals surface area contributed by atoms with E-state index in [0.29, 0.717) is 5.11 Å². The maximum Gasteiger partial charge on any atom is 0.184 e. The number of alkyl halides is 1. The molecule has 0 amide bonds. The van der Waals surface area contributed by atoms with Crippen LogP contribution in [0.1, 0.15) is 6.42 Å². The number of hydrogen-bond acceptors (Lipinski definition) is 2. The quantitative estimate of drug-likeness (QED) is 0.436. The van der Waals surface area contributed by atoms with Crippen LogP contribution in [0.2, 0.25) is 0 Å². The van der Waals surface area contributed by atoms with Crippen LogP contribution < -0.4 is 11.2 Å². The van der Waals surface area contributed by atoms with Gasteiger partial charge in [-0.15, -0.1) is 0 Å².